The molecule has 1 aliphatic rings. The van der Waals surface area contributed by atoms with Gasteiger partial charge in [0.1, 0.15) is 0 Å². The maximum atomic E-state index is 4.80. The molecular weight excluding hydrogens is 196 g/mol. The normalized spacial score (nSPS) is 17.6. The molecule has 90 valence electrons. The van der Waals surface area contributed by atoms with Crippen molar-refractivity contribution < 1.29 is 0 Å². The van der Waals surface area contributed by atoms with Crippen LogP contribution in [-0.2, 0) is 6.42 Å². The van der Waals surface area contributed by atoms with Crippen LogP contribution < -0.4 is 0 Å². The lowest BCUT2D eigenvalue weighted by molar-refractivity contribution is 0.439. The largest absolute Gasteiger partial charge is 0.266 e. The summed E-state index contributed by atoms with van der Waals surface area (Å²) in [6.45, 7) is 8.99. The summed E-state index contributed by atoms with van der Waals surface area (Å²) in [6, 6.07) is 0.677. The Kier molecular flexibility index (Phi) is 3.36. The van der Waals surface area contributed by atoms with Crippen molar-refractivity contribution >= 4 is 0 Å². The molecule has 2 nitrogen and oxygen atoms in total. The highest BCUT2D eigenvalue weighted by atomic mass is 15.3. The van der Waals surface area contributed by atoms with E-state index in [0.29, 0.717) is 12.0 Å². The highest BCUT2D eigenvalue weighted by Crippen LogP contribution is 2.34. The van der Waals surface area contributed by atoms with Gasteiger partial charge >= 0.3 is 0 Å². The first-order valence-corrected chi connectivity index (χ1v) is 6.73. The molecule has 1 aliphatic carbocycles. The summed E-state index contributed by atoms with van der Waals surface area (Å²) in [5.74, 6) is 0.594. The third-order valence-corrected chi connectivity index (χ3v) is 3.82. The maximum absolute atomic E-state index is 4.80. The van der Waals surface area contributed by atoms with Gasteiger partial charge in [0.2, 0.25) is 0 Å². The summed E-state index contributed by atoms with van der Waals surface area (Å²) in [5.41, 5.74) is 4.23. The summed E-state index contributed by atoms with van der Waals surface area (Å²) in [6.07, 6.45) is 6.52. The van der Waals surface area contributed by atoms with Crippen molar-refractivity contribution in [3.63, 3.8) is 0 Å². The maximum Gasteiger partial charge on any atom is 0.0628 e. The third kappa shape index (κ3) is 1.90. The summed E-state index contributed by atoms with van der Waals surface area (Å²) < 4.78 is 2.35. The van der Waals surface area contributed by atoms with Crippen molar-refractivity contribution in [2.24, 2.45) is 0 Å². The molecule has 1 aromatic heterocycles. The zero-order valence-corrected chi connectivity index (χ0v) is 11.1. The highest BCUT2D eigenvalue weighted by Gasteiger charge is 2.24. The van der Waals surface area contributed by atoms with Crippen LogP contribution in [0.1, 0.15) is 75.4 Å². The average molecular weight is 220 g/mol. The molecule has 1 saturated carbocycles. The molecule has 0 radical (unpaired) electrons. The average Bonchev–Trinajstić information content (AvgIpc) is 2.83. The van der Waals surface area contributed by atoms with E-state index in [4.69, 9.17) is 5.10 Å². The lowest BCUT2D eigenvalue weighted by Gasteiger charge is -2.17. The van der Waals surface area contributed by atoms with Crippen LogP contribution in [0.3, 0.4) is 0 Å². The molecule has 1 aromatic rings. The Morgan fingerprint density at radius 2 is 1.94 bits per heavy atom. The second-order valence-corrected chi connectivity index (χ2v) is 5.34. The molecule has 0 bridgehead atoms. The molecule has 0 aliphatic heterocycles. The minimum Gasteiger partial charge on any atom is -0.266 e. The number of aryl methyl sites for hydroxylation is 1. The van der Waals surface area contributed by atoms with E-state index >= 15 is 0 Å². The fourth-order valence-electron chi connectivity index (χ4n) is 3.08. The Hall–Kier alpha value is -0.790. The summed E-state index contributed by atoms with van der Waals surface area (Å²) in [4.78, 5) is 0. The summed E-state index contributed by atoms with van der Waals surface area (Å²) >= 11 is 0. The standard InChI is InChI=1S/C14H24N2/c1-5-13-11(4)15-16(14(13)10(2)3)12-8-6-7-9-12/h10,12H,5-9H2,1-4H3. The van der Waals surface area contributed by atoms with E-state index in [0.717, 1.165) is 6.42 Å². The van der Waals surface area contributed by atoms with E-state index in [-0.39, 0.29) is 0 Å². The van der Waals surface area contributed by atoms with E-state index < -0.39 is 0 Å². The molecule has 2 rings (SSSR count). The summed E-state index contributed by atoms with van der Waals surface area (Å²) in [5, 5.41) is 4.80. The number of hydrogen-bond donors (Lipinski definition) is 0. The van der Waals surface area contributed by atoms with Gasteiger partial charge in [0, 0.05) is 5.69 Å². The molecule has 0 N–H and O–H groups in total. The number of aromatic nitrogens is 2. The molecular formula is C14H24N2. The minimum atomic E-state index is 0.594. The Morgan fingerprint density at radius 1 is 1.31 bits per heavy atom. The number of rotatable bonds is 3. The monoisotopic (exact) mass is 220 g/mol. The SMILES string of the molecule is CCc1c(C)nn(C2CCCC2)c1C(C)C. The Morgan fingerprint density at radius 3 is 2.44 bits per heavy atom. The van der Waals surface area contributed by atoms with E-state index in [9.17, 15) is 0 Å². The van der Waals surface area contributed by atoms with Crippen LogP contribution in [-0.4, -0.2) is 9.78 Å². The first kappa shape index (κ1) is 11.7. The zero-order valence-electron chi connectivity index (χ0n) is 11.1. The van der Waals surface area contributed by atoms with Crippen LogP contribution in [0.2, 0.25) is 0 Å². The number of nitrogens with zero attached hydrogens (tertiary/aromatic N) is 2. The van der Waals surface area contributed by atoms with Gasteiger partial charge in [0.05, 0.1) is 11.7 Å². The lowest BCUT2D eigenvalue weighted by atomic mass is 10.0. The smallest absolute Gasteiger partial charge is 0.0628 e. The molecule has 1 fully saturated rings. The van der Waals surface area contributed by atoms with Gasteiger partial charge in [-0.05, 0) is 37.7 Å². The first-order valence-electron chi connectivity index (χ1n) is 6.73. The third-order valence-electron chi connectivity index (χ3n) is 3.82. The summed E-state index contributed by atoms with van der Waals surface area (Å²) in [7, 11) is 0. The van der Waals surface area contributed by atoms with Gasteiger partial charge in [-0.25, -0.2) is 0 Å². The van der Waals surface area contributed by atoms with Gasteiger partial charge in [-0.3, -0.25) is 4.68 Å². The molecule has 0 saturated heterocycles. The van der Waals surface area contributed by atoms with Gasteiger partial charge in [0.15, 0.2) is 0 Å². The Labute approximate surface area is 99.0 Å². The molecule has 0 spiro atoms. The van der Waals surface area contributed by atoms with Gasteiger partial charge in [-0.1, -0.05) is 33.6 Å². The van der Waals surface area contributed by atoms with Crippen molar-refractivity contribution in [1.82, 2.24) is 9.78 Å². The van der Waals surface area contributed by atoms with Gasteiger partial charge in [-0.2, -0.15) is 5.10 Å². The van der Waals surface area contributed by atoms with Crippen molar-refractivity contribution in [1.29, 1.82) is 0 Å². The second kappa shape index (κ2) is 4.60. The van der Waals surface area contributed by atoms with Crippen molar-refractivity contribution in [2.45, 2.75) is 71.8 Å². The van der Waals surface area contributed by atoms with Crippen molar-refractivity contribution in [3.05, 3.63) is 17.0 Å². The van der Waals surface area contributed by atoms with E-state index in [2.05, 4.69) is 32.4 Å². The van der Waals surface area contributed by atoms with E-state index in [1.54, 1.807) is 0 Å². The fraction of sp³-hybridized carbons (Fsp3) is 0.786. The molecule has 2 heteroatoms. The van der Waals surface area contributed by atoms with Crippen molar-refractivity contribution in [3.8, 4) is 0 Å². The van der Waals surface area contributed by atoms with Gasteiger partial charge in [0.25, 0.3) is 0 Å². The topological polar surface area (TPSA) is 17.8 Å². The molecule has 0 unspecified atom stereocenters. The molecule has 0 atom stereocenters. The predicted molar refractivity (Wildman–Crippen MR) is 67.9 cm³/mol. The lowest BCUT2D eigenvalue weighted by Crippen LogP contribution is -2.12. The first-order chi connectivity index (χ1) is 7.65. The van der Waals surface area contributed by atoms with Crippen LogP contribution in [0.25, 0.3) is 0 Å². The van der Waals surface area contributed by atoms with E-state index in [1.165, 1.54) is 42.6 Å². The predicted octanol–water partition coefficient (Wildman–Crippen LogP) is 3.99. The number of hydrogen-bond acceptors (Lipinski definition) is 1. The minimum absolute atomic E-state index is 0.594. The fourth-order valence-corrected chi connectivity index (χ4v) is 3.08. The van der Waals surface area contributed by atoms with Crippen LogP contribution in [0.4, 0.5) is 0 Å². The quantitative estimate of drug-likeness (QED) is 0.753. The van der Waals surface area contributed by atoms with E-state index in [1.807, 2.05) is 0 Å². The Bertz CT molecular complexity index is 357. The second-order valence-electron chi connectivity index (χ2n) is 5.34. The van der Waals surface area contributed by atoms with Gasteiger partial charge in [-0.15, -0.1) is 0 Å². The molecule has 16 heavy (non-hydrogen) atoms. The van der Waals surface area contributed by atoms with Crippen LogP contribution in [0.5, 0.6) is 0 Å². The zero-order chi connectivity index (χ0) is 11.7. The van der Waals surface area contributed by atoms with Crippen LogP contribution >= 0.6 is 0 Å². The highest BCUT2D eigenvalue weighted by molar-refractivity contribution is 5.28. The van der Waals surface area contributed by atoms with Crippen molar-refractivity contribution in [2.75, 3.05) is 0 Å². The van der Waals surface area contributed by atoms with Crippen LogP contribution in [0, 0.1) is 6.92 Å². The van der Waals surface area contributed by atoms with Gasteiger partial charge < -0.3 is 0 Å². The molecule has 0 amide bonds. The molecule has 0 aromatic carbocycles. The molecule has 1 heterocycles. The van der Waals surface area contributed by atoms with Crippen LogP contribution in [0.15, 0.2) is 0 Å². The Balaban J connectivity index is 2.43.